The highest BCUT2D eigenvalue weighted by molar-refractivity contribution is 5.75. The molecule has 1 aromatic carbocycles. The van der Waals surface area contributed by atoms with Crippen LogP contribution in [0.1, 0.15) is 38.2 Å². The molecule has 0 spiro atoms. The number of nitrogens with zero attached hydrogens (tertiary/aromatic N) is 2. The predicted octanol–water partition coefficient (Wildman–Crippen LogP) is 4.61. The minimum Gasteiger partial charge on any atom is -0.369 e. The van der Waals surface area contributed by atoms with Gasteiger partial charge in [-0.2, -0.15) is 5.26 Å². The highest BCUT2D eigenvalue weighted by atomic mass is 15.0. The van der Waals surface area contributed by atoms with Crippen LogP contribution in [-0.2, 0) is 0 Å². The fourth-order valence-corrected chi connectivity index (χ4v) is 2.33. The van der Waals surface area contributed by atoms with Crippen molar-refractivity contribution in [1.29, 1.82) is 5.26 Å². The first kappa shape index (κ1) is 15.1. The van der Waals surface area contributed by atoms with E-state index in [1.54, 1.807) is 6.20 Å². The van der Waals surface area contributed by atoms with Crippen LogP contribution in [-0.4, -0.2) is 11.5 Å². The van der Waals surface area contributed by atoms with Gasteiger partial charge in [-0.1, -0.05) is 56.5 Å². The van der Waals surface area contributed by atoms with E-state index in [0.29, 0.717) is 11.4 Å². The summed E-state index contributed by atoms with van der Waals surface area (Å²) in [5, 5.41) is 12.8. The van der Waals surface area contributed by atoms with Crippen molar-refractivity contribution in [3.05, 3.63) is 48.2 Å². The van der Waals surface area contributed by atoms with E-state index in [4.69, 9.17) is 0 Å². The highest BCUT2D eigenvalue weighted by Crippen LogP contribution is 2.26. The molecule has 0 aliphatic heterocycles. The van der Waals surface area contributed by atoms with Gasteiger partial charge in [0.15, 0.2) is 0 Å². The van der Waals surface area contributed by atoms with Gasteiger partial charge in [0, 0.05) is 18.3 Å². The van der Waals surface area contributed by atoms with Crippen LogP contribution in [0.15, 0.2) is 42.6 Å². The fourth-order valence-electron chi connectivity index (χ4n) is 2.33. The van der Waals surface area contributed by atoms with E-state index in [2.05, 4.69) is 23.3 Å². The number of pyridine rings is 1. The lowest BCUT2D eigenvalue weighted by atomic mass is 10.0. The average Bonchev–Trinajstić information content (AvgIpc) is 2.55. The van der Waals surface area contributed by atoms with Crippen molar-refractivity contribution in [2.75, 3.05) is 11.9 Å². The second kappa shape index (κ2) is 8.06. The third-order valence-electron chi connectivity index (χ3n) is 3.47. The van der Waals surface area contributed by atoms with Crippen molar-refractivity contribution in [2.45, 2.75) is 32.6 Å². The molecule has 3 nitrogen and oxygen atoms in total. The molecule has 0 saturated carbocycles. The number of nitriles is 1. The Balaban J connectivity index is 2.14. The molecule has 0 bridgehead atoms. The van der Waals surface area contributed by atoms with Gasteiger partial charge in [-0.25, -0.2) is 4.98 Å². The van der Waals surface area contributed by atoms with Gasteiger partial charge in [-0.15, -0.1) is 0 Å². The van der Waals surface area contributed by atoms with Gasteiger partial charge in [0.05, 0.1) is 0 Å². The number of unbranched alkanes of at least 4 members (excludes halogenated alkanes) is 3. The molecular formula is C18H21N3. The molecular weight excluding hydrogens is 258 g/mol. The third kappa shape index (κ3) is 4.06. The van der Waals surface area contributed by atoms with Crippen LogP contribution in [0.2, 0.25) is 0 Å². The Morgan fingerprint density at radius 3 is 2.62 bits per heavy atom. The Hall–Kier alpha value is -2.34. The zero-order valence-corrected chi connectivity index (χ0v) is 12.5. The van der Waals surface area contributed by atoms with Crippen LogP contribution in [0.4, 0.5) is 5.82 Å². The van der Waals surface area contributed by atoms with E-state index in [1.807, 2.05) is 36.4 Å². The van der Waals surface area contributed by atoms with Gasteiger partial charge in [0.1, 0.15) is 17.5 Å². The number of nitrogens with one attached hydrogen (secondary N) is 1. The lowest BCUT2D eigenvalue weighted by molar-refractivity contribution is 0.684. The maximum absolute atomic E-state index is 9.47. The van der Waals surface area contributed by atoms with Crippen molar-refractivity contribution in [3.63, 3.8) is 0 Å². The van der Waals surface area contributed by atoms with E-state index in [0.717, 1.165) is 24.1 Å². The molecule has 21 heavy (non-hydrogen) atoms. The van der Waals surface area contributed by atoms with Crippen molar-refractivity contribution in [3.8, 4) is 17.2 Å². The van der Waals surface area contributed by atoms with Crippen LogP contribution in [0.25, 0.3) is 11.1 Å². The molecule has 0 saturated heterocycles. The van der Waals surface area contributed by atoms with Crippen molar-refractivity contribution >= 4 is 5.82 Å². The second-order valence-electron chi connectivity index (χ2n) is 5.05. The van der Waals surface area contributed by atoms with E-state index in [9.17, 15) is 5.26 Å². The average molecular weight is 279 g/mol. The standard InChI is InChI=1S/C18H21N3/c1-2-3-4-8-12-20-18-17(14-19)16(11-13-21-18)15-9-6-5-7-10-15/h5-7,9-11,13H,2-4,8,12H2,1H3,(H,20,21). The molecule has 0 fully saturated rings. The summed E-state index contributed by atoms with van der Waals surface area (Å²) < 4.78 is 0. The molecule has 0 radical (unpaired) electrons. The zero-order chi connectivity index (χ0) is 14.9. The Labute approximate surface area is 126 Å². The Bertz CT molecular complexity index is 600. The summed E-state index contributed by atoms with van der Waals surface area (Å²) in [4.78, 5) is 4.32. The number of benzene rings is 1. The SMILES string of the molecule is CCCCCCNc1nccc(-c2ccccc2)c1C#N. The molecule has 3 heteroatoms. The fraction of sp³-hybridized carbons (Fsp3) is 0.333. The van der Waals surface area contributed by atoms with Crippen molar-refractivity contribution in [1.82, 2.24) is 4.98 Å². The monoisotopic (exact) mass is 279 g/mol. The third-order valence-corrected chi connectivity index (χ3v) is 3.47. The molecule has 0 aliphatic rings. The minimum absolute atomic E-state index is 0.624. The smallest absolute Gasteiger partial charge is 0.144 e. The molecule has 108 valence electrons. The lowest BCUT2D eigenvalue weighted by Gasteiger charge is -2.10. The summed E-state index contributed by atoms with van der Waals surface area (Å²) in [6.45, 7) is 3.06. The van der Waals surface area contributed by atoms with Crippen LogP contribution in [0.3, 0.4) is 0 Å². The second-order valence-corrected chi connectivity index (χ2v) is 5.05. The first-order chi connectivity index (χ1) is 10.4. The summed E-state index contributed by atoms with van der Waals surface area (Å²) in [5.74, 6) is 0.690. The number of hydrogen-bond acceptors (Lipinski definition) is 3. The van der Waals surface area contributed by atoms with Crippen molar-refractivity contribution < 1.29 is 0 Å². The van der Waals surface area contributed by atoms with Crippen LogP contribution in [0.5, 0.6) is 0 Å². The van der Waals surface area contributed by atoms with E-state index >= 15 is 0 Å². The largest absolute Gasteiger partial charge is 0.369 e. The molecule has 2 aromatic rings. The van der Waals surface area contributed by atoms with Gasteiger partial charge in [0.25, 0.3) is 0 Å². The molecule has 0 atom stereocenters. The molecule has 2 rings (SSSR count). The maximum atomic E-state index is 9.47. The normalized spacial score (nSPS) is 10.1. The summed E-state index contributed by atoms with van der Waals surface area (Å²) in [6, 6.07) is 14.2. The van der Waals surface area contributed by atoms with Gasteiger partial charge in [-0.3, -0.25) is 0 Å². The quantitative estimate of drug-likeness (QED) is 0.753. The highest BCUT2D eigenvalue weighted by Gasteiger charge is 2.10. The lowest BCUT2D eigenvalue weighted by Crippen LogP contribution is -2.06. The molecule has 1 heterocycles. The molecule has 0 unspecified atom stereocenters. The topological polar surface area (TPSA) is 48.7 Å². The van der Waals surface area contributed by atoms with Gasteiger partial charge in [-0.05, 0) is 18.1 Å². The van der Waals surface area contributed by atoms with Crippen LogP contribution >= 0.6 is 0 Å². The minimum atomic E-state index is 0.624. The molecule has 1 aromatic heterocycles. The number of hydrogen-bond donors (Lipinski definition) is 1. The van der Waals surface area contributed by atoms with E-state index < -0.39 is 0 Å². The molecule has 1 N–H and O–H groups in total. The number of aromatic nitrogens is 1. The Morgan fingerprint density at radius 1 is 1.10 bits per heavy atom. The number of rotatable bonds is 7. The maximum Gasteiger partial charge on any atom is 0.144 e. The Morgan fingerprint density at radius 2 is 1.90 bits per heavy atom. The van der Waals surface area contributed by atoms with Crippen LogP contribution in [0, 0.1) is 11.3 Å². The zero-order valence-electron chi connectivity index (χ0n) is 12.5. The van der Waals surface area contributed by atoms with E-state index in [1.165, 1.54) is 19.3 Å². The summed E-state index contributed by atoms with van der Waals surface area (Å²) in [7, 11) is 0. The van der Waals surface area contributed by atoms with Crippen molar-refractivity contribution in [2.24, 2.45) is 0 Å². The first-order valence-corrected chi connectivity index (χ1v) is 7.55. The number of anilines is 1. The van der Waals surface area contributed by atoms with Crippen LogP contribution < -0.4 is 5.32 Å². The summed E-state index contributed by atoms with van der Waals surface area (Å²) >= 11 is 0. The van der Waals surface area contributed by atoms with Gasteiger partial charge >= 0.3 is 0 Å². The van der Waals surface area contributed by atoms with E-state index in [-0.39, 0.29) is 0 Å². The predicted molar refractivity (Wildman–Crippen MR) is 87.0 cm³/mol. The summed E-state index contributed by atoms with van der Waals surface area (Å²) in [6.07, 6.45) is 6.56. The van der Waals surface area contributed by atoms with Gasteiger partial charge < -0.3 is 5.32 Å². The first-order valence-electron chi connectivity index (χ1n) is 7.55. The van der Waals surface area contributed by atoms with Gasteiger partial charge in [0.2, 0.25) is 0 Å². The molecule has 0 amide bonds. The Kier molecular flexibility index (Phi) is 5.78. The summed E-state index contributed by atoms with van der Waals surface area (Å²) in [5.41, 5.74) is 2.61. The molecule has 0 aliphatic carbocycles.